The molecule has 1 heterocycles. The van der Waals surface area contributed by atoms with E-state index in [0.717, 1.165) is 28.0 Å². The smallest absolute Gasteiger partial charge is 0.131 e. The summed E-state index contributed by atoms with van der Waals surface area (Å²) in [6.45, 7) is 0. The largest absolute Gasteiger partial charge is 0.340 e. The average Bonchev–Trinajstić information content (AvgIpc) is 2.48. The quantitative estimate of drug-likeness (QED) is 0.696. The highest BCUT2D eigenvalue weighted by molar-refractivity contribution is 6.17. The fourth-order valence-corrected chi connectivity index (χ4v) is 2.27. The Balaban J connectivity index is 1.96. The Bertz CT molecular complexity index is 710. The minimum atomic E-state index is 0.483. The van der Waals surface area contributed by atoms with E-state index in [1.165, 1.54) is 0 Å². The number of benzene rings is 2. The second-order valence-corrected chi connectivity index (χ2v) is 4.57. The maximum atomic E-state index is 5.93. The highest BCUT2D eigenvalue weighted by Crippen LogP contribution is 2.22. The molecule has 94 valence electrons. The van der Waals surface area contributed by atoms with Crippen LogP contribution in [-0.2, 0) is 5.88 Å². The zero-order valence-electron chi connectivity index (χ0n) is 10.3. The Morgan fingerprint density at radius 3 is 2.58 bits per heavy atom. The minimum absolute atomic E-state index is 0.483. The number of aromatic nitrogens is 1. The number of hydrogen-bond acceptors (Lipinski definition) is 2. The van der Waals surface area contributed by atoms with Gasteiger partial charge in [0.2, 0.25) is 0 Å². The molecule has 0 spiro atoms. The number of para-hydroxylation sites is 2. The Kier molecular flexibility index (Phi) is 3.34. The van der Waals surface area contributed by atoms with Crippen LogP contribution in [-0.4, -0.2) is 4.98 Å². The molecular weight excluding hydrogens is 256 g/mol. The van der Waals surface area contributed by atoms with Gasteiger partial charge in [0.15, 0.2) is 0 Å². The molecule has 0 saturated heterocycles. The van der Waals surface area contributed by atoms with Gasteiger partial charge >= 0.3 is 0 Å². The molecule has 3 rings (SSSR count). The highest BCUT2D eigenvalue weighted by atomic mass is 35.5. The summed E-state index contributed by atoms with van der Waals surface area (Å²) in [6, 6.07) is 20.1. The van der Waals surface area contributed by atoms with Crippen molar-refractivity contribution < 1.29 is 0 Å². The number of alkyl halides is 1. The predicted octanol–water partition coefficient (Wildman–Crippen LogP) is 4.72. The molecule has 0 aliphatic rings. The standard InChI is InChI=1S/C16H13ClN2/c17-11-13-6-2-4-8-15(13)19-16-10-9-12-5-1-3-7-14(12)18-16/h1-10H,11H2,(H,18,19). The van der Waals surface area contributed by atoms with Crippen LogP contribution in [0.4, 0.5) is 11.5 Å². The number of fused-ring (bicyclic) bond motifs is 1. The molecule has 19 heavy (non-hydrogen) atoms. The van der Waals surface area contributed by atoms with Crippen molar-refractivity contribution in [1.82, 2.24) is 4.98 Å². The van der Waals surface area contributed by atoms with E-state index < -0.39 is 0 Å². The van der Waals surface area contributed by atoms with Crippen LogP contribution < -0.4 is 5.32 Å². The van der Waals surface area contributed by atoms with Crippen molar-refractivity contribution >= 4 is 34.0 Å². The van der Waals surface area contributed by atoms with Crippen molar-refractivity contribution in [1.29, 1.82) is 0 Å². The third-order valence-electron chi connectivity index (χ3n) is 3.02. The predicted molar refractivity (Wildman–Crippen MR) is 81.0 cm³/mol. The SMILES string of the molecule is ClCc1ccccc1Nc1ccc2ccccc2n1. The monoisotopic (exact) mass is 268 g/mol. The Morgan fingerprint density at radius 2 is 1.68 bits per heavy atom. The van der Waals surface area contributed by atoms with Crippen molar-refractivity contribution in [2.45, 2.75) is 5.88 Å². The number of pyridine rings is 1. The molecular formula is C16H13ClN2. The molecule has 0 radical (unpaired) electrons. The maximum Gasteiger partial charge on any atom is 0.131 e. The summed E-state index contributed by atoms with van der Waals surface area (Å²) < 4.78 is 0. The fourth-order valence-electron chi connectivity index (χ4n) is 2.03. The summed E-state index contributed by atoms with van der Waals surface area (Å²) >= 11 is 5.93. The molecule has 2 nitrogen and oxygen atoms in total. The Hall–Kier alpha value is -2.06. The summed E-state index contributed by atoms with van der Waals surface area (Å²) in [7, 11) is 0. The van der Waals surface area contributed by atoms with Crippen molar-refractivity contribution in [2.75, 3.05) is 5.32 Å². The van der Waals surface area contributed by atoms with Crippen molar-refractivity contribution in [3.05, 3.63) is 66.2 Å². The normalized spacial score (nSPS) is 10.6. The lowest BCUT2D eigenvalue weighted by Crippen LogP contribution is -1.96. The summed E-state index contributed by atoms with van der Waals surface area (Å²) in [5, 5.41) is 4.46. The van der Waals surface area contributed by atoms with E-state index in [0.29, 0.717) is 5.88 Å². The molecule has 3 heteroatoms. The third kappa shape index (κ3) is 2.54. The van der Waals surface area contributed by atoms with Crippen LogP contribution in [0.5, 0.6) is 0 Å². The number of rotatable bonds is 3. The van der Waals surface area contributed by atoms with E-state index in [-0.39, 0.29) is 0 Å². The molecule has 0 bridgehead atoms. The molecule has 3 aromatic rings. The first-order chi connectivity index (χ1) is 9.36. The zero-order valence-corrected chi connectivity index (χ0v) is 11.1. The zero-order chi connectivity index (χ0) is 13.1. The lowest BCUT2D eigenvalue weighted by molar-refractivity contribution is 1.33. The van der Waals surface area contributed by atoms with Crippen LogP contribution in [0.25, 0.3) is 10.9 Å². The second kappa shape index (κ2) is 5.29. The van der Waals surface area contributed by atoms with Crippen LogP contribution in [0.2, 0.25) is 0 Å². The molecule has 1 N–H and O–H groups in total. The van der Waals surface area contributed by atoms with E-state index in [2.05, 4.69) is 22.4 Å². The topological polar surface area (TPSA) is 24.9 Å². The number of anilines is 2. The first kappa shape index (κ1) is 12.0. The van der Waals surface area contributed by atoms with Gasteiger partial charge in [-0.3, -0.25) is 0 Å². The summed E-state index contributed by atoms with van der Waals surface area (Å²) in [5.41, 5.74) is 3.05. The first-order valence-corrected chi connectivity index (χ1v) is 6.67. The molecule has 0 atom stereocenters. The number of nitrogens with zero attached hydrogens (tertiary/aromatic N) is 1. The van der Waals surface area contributed by atoms with Gasteiger partial charge in [0.25, 0.3) is 0 Å². The molecule has 0 aliphatic heterocycles. The van der Waals surface area contributed by atoms with E-state index in [9.17, 15) is 0 Å². The Labute approximate surface area is 117 Å². The van der Waals surface area contributed by atoms with E-state index >= 15 is 0 Å². The van der Waals surface area contributed by atoms with E-state index in [1.54, 1.807) is 0 Å². The van der Waals surface area contributed by atoms with E-state index in [4.69, 9.17) is 11.6 Å². The Morgan fingerprint density at radius 1 is 0.895 bits per heavy atom. The molecule has 0 saturated carbocycles. The second-order valence-electron chi connectivity index (χ2n) is 4.30. The molecule has 2 aromatic carbocycles. The maximum absolute atomic E-state index is 5.93. The summed E-state index contributed by atoms with van der Waals surface area (Å²) in [6.07, 6.45) is 0. The lowest BCUT2D eigenvalue weighted by Gasteiger charge is -2.10. The van der Waals surface area contributed by atoms with Gasteiger partial charge in [0.05, 0.1) is 5.52 Å². The van der Waals surface area contributed by atoms with Crippen molar-refractivity contribution in [3.63, 3.8) is 0 Å². The van der Waals surface area contributed by atoms with Gasteiger partial charge in [-0.25, -0.2) is 4.98 Å². The molecule has 0 aliphatic carbocycles. The summed E-state index contributed by atoms with van der Waals surface area (Å²) in [5.74, 6) is 1.31. The van der Waals surface area contributed by atoms with Crippen LogP contribution in [0, 0.1) is 0 Å². The van der Waals surface area contributed by atoms with Gasteiger partial charge in [-0.2, -0.15) is 0 Å². The number of hydrogen-bond donors (Lipinski definition) is 1. The number of halogens is 1. The number of nitrogens with one attached hydrogen (secondary N) is 1. The van der Waals surface area contributed by atoms with Gasteiger partial charge in [0.1, 0.15) is 5.82 Å². The van der Waals surface area contributed by atoms with Crippen LogP contribution in [0.15, 0.2) is 60.7 Å². The average molecular weight is 269 g/mol. The van der Waals surface area contributed by atoms with Crippen LogP contribution in [0.1, 0.15) is 5.56 Å². The lowest BCUT2D eigenvalue weighted by atomic mass is 10.2. The van der Waals surface area contributed by atoms with Gasteiger partial charge in [-0.1, -0.05) is 36.4 Å². The van der Waals surface area contributed by atoms with Crippen LogP contribution >= 0.6 is 11.6 Å². The van der Waals surface area contributed by atoms with Gasteiger partial charge < -0.3 is 5.32 Å². The summed E-state index contributed by atoms with van der Waals surface area (Å²) in [4.78, 5) is 4.59. The molecule has 0 fully saturated rings. The van der Waals surface area contributed by atoms with Crippen molar-refractivity contribution in [2.24, 2.45) is 0 Å². The fraction of sp³-hybridized carbons (Fsp3) is 0.0625. The van der Waals surface area contributed by atoms with Gasteiger partial charge in [0, 0.05) is 17.0 Å². The molecule has 0 amide bonds. The molecule has 0 unspecified atom stereocenters. The van der Waals surface area contributed by atoms with Crippen molar-refractivity contribution in [3.8, 4) is 0 Å². The third-order valence-corrected chi connectivity index (χ3v) is 3.31. The minimum Gasteiger partial charge on any atom is -0.340 e. The van der Waals surface area contributed by atoms with Gasteiger partial charge in [-0.05, 0) is 29.8 Å². The highest BCUT2D eigenvalue weighted by Gasteiger charge is 2.02. The molecule has 1 aromatic heterocycles. The first-order valence-electron chi connectivity index (χ1n) is 6.13. The van der Waals surface area contributed by atoms with Crippen LogP contribution in [0.3, 0.4) is 0 Å². The van der Waals surface area contributed by atoms with E-state index in [1.807, 2.05) is 48.5 Å². The van der Waals surface area contributed by atoms with Gasteiger partial charge in [-0.15, -0.1) is 11.6 Å².